The highest BCUT2D eigenvalue weighted by Crippen LogP contribution is 2.29. The molecular weight excluding hydrogens is 347 g/mol. The Hall–Kier alpha value is -1.39. The Labute approximate surface area is 155 Å². The average Bonchev–Trinajstić information content (AvgIpc) is 3.06. The van der Waals surface area contributed by atoms with Crippen molar-refractivity contribution >= 4 is 24.0 Å². The number of hydrogen-bond donors (Lipinski definition) is 0. The van der Waals surface area contributed by atoms with Crippen LogP contribution in [0.15, 0.2) is 36.9 Å². The second-order valence-electron chi connectivity index (χ2n) is 5.73. The Kier molecular flexibility index (Phi) is 9.65. The maximum absolute atomic E-state index is 6.19. The van der Waals surface area contributed by atoms with E-state index in [1.807, 2.05) is 30.9 Å². The van der Waals surface area contributed by atoms with E-state index in [4.69, 9.17) is 21.1 Å². The van der Waals surface area contributed by atoms with Gasteiger partial charge in [0, 0.05) is 25.0 Å². The predicted octanol–water partition coefficient (Wildman–Crippen LogP) is 5.38. The number of unbranched alkanes of at least 4 members (excludes halogenated alkanes) is 3. The number of methoxy groups -OCH3 is 1. The number of imidazole rings is 1. The molecule has 24 heavy (non-hydrogen) atoms. The Morgan fingerprint density at radius 1 is 1.21 bits per heavy atom. The molecule has 6 heteroatoms. The van der Waals surface area contributed by atoms with Gasteiger partial charge in [-0.05, 0) is 38.3 Å². The summed E-state index contributed by atoms with van der Waals surface area (Å²) in [4.78, 5) is 4.05. The first-order chi connectivity index (χ1) is 11.2. The summed E-state index contributed by atoms with van der Waals surface area (Å²) in [6.07, 6.45) is 11.7. The van der Waals surface area contributed by atoms with E-state index in [0.29, 0.717) is 5.02 Å². The molecule has 2 rings (SSSR count). The molecular formula is C18H26Cl2N2O2. The van der Waals surface area contributed by atoms with Crippen LogP contribution in [0.4, 0.5) is 0 Å². The lowest BCUT2D eigenvalue weighted by atomic mass is 10.1. The van der Waals surface area contributed by atoms with Crippen molar-refractivity contribution in [1.82, 2.24) is 9.55 Å². The number of nitrogens with zero attached hydrogens (tertiary/aromatic N) is 2. The third kappa shape index (κ3) is 7.02. The molecule has 0 N–H and O–H groups in total. The molecule has 134 valence electrons. The number of hydrogen-bond acceptors (Lipinski definition) is 3. The number of ether oxygens (including phenoxy) is 2. The zero-order valence-corrected chi connectivity index (χ0v) is 15.9. The maximum atomic E-state index is 6.19. The molecule has 0 spiro atoms. The lowest BCUT2D eigenvalue weighted by Gasteiger charge is -2.16. The van der Waals surface area contributed by atoms with Gasteiger partial charge >= 0.3 is 0 Å². The number of rotatable bonds is 10. The standard InChI is InChI=1S/C18H25ClN2O2.ClH/c1-15(23-18-9-8-16(22-2)13-17(18)19)7-5-3-4-6-11-21-12-10-20-14-21;/h8-10,12-15H,3-7,11H2,1-2H3;1H. The number of aryl methyl sites for hydroxylation is 1. The highest BCUT2D eigenvalue weighted by Gasteiger charge is 2.08. The molecule has 1 unspecified atom stereocenters. The van der Waals surface area contributed by atoms with Gasteiger partial charge in [-0.3, -0.25) is 0 Å². The minimum atomic E-state index is 0. The molecule has 2 aromatic rings. The van der Waals surface area contributed by atoms with Crippen molar-refractivity contribution < 1.29 is 9.47 Å². The van der Waals surface area contributed by atoms with Crippen molar-refractivity contribution in [2.75, 3.05) is 7.11 Å². The summed E-state index contributed by atoms with van der Waals surface area (Å²) in [7, 11) is 1.63. The zero-order valence-electron chi connectivity index (χ0n) is 14.3. The van der Waals surface area contributed by atoms with Crippen molar-refractivity contribution in [2.45, 2.75) is 51.7 Å². The van der Waals surface area contributed by atoms with E-state index >= 15 is 0 Å². The highest BCUT2D eigenvalue weighted by molar-refractivity contribution is 6.32. The van der Waals surface area contributed by atoms with Gasteiger partial charge in [-0.2, -0.15) is 0 Å². The van der Waals surface area contributed by atoms with E-state index in [9.17, 15) is 0 Å². The minimum Gasteiger partial charge on any atom is -0.497 e. The van der Waals surface area contributed by atoms with Gasteiger partial charge in [-0.1, -0.05) is 24.4 Å². The summed E-state index contributed by atoms with van der Waals surface area (Å²) in [6.45, 7) is 3.14. The van der Waals surface area contributed by atoms with Gasteiger partial charge in [0.1, 0.15) is 11.5 Å². The molecule has 0 aliphatic rings. The van der Waals surface area contributed by atoms with Gasteiger partial charge in [0.25, 0.3) is 0 Å². The molecule has 1 aromatic heterocycles. The Morgan fingerprint density at radius 3 is 2.67 bits per heavy atom. The van der Waals surface area contributed by atoms with Gasteiger partial charge in [0.15, 0.2) is 0 Å². The SMILES string of the molecule is COc1ccc(OC(C)CCCCCCn2ccnc2)c(Cl)c1.Cl. The minimum absolute atomic E-state index is 0. The lowest BCUT2D eigenvalue weighted by molar-refractivity contribution is 0.206. The second kappa shape index (κ2) is 11.2. The molecule has 0 radical (unpaired) electrons. The van der Waals surface area contributed by atoms with Crippen LogP contribution in [-0.4, -0.2) is 22.8 Å². The molecule has 0 fully saturated rings. The summed E-state index contributed by atoms with van der Waals surface area (Å²) in [5.41, 5.74) is 0. The molecule has 1 heterocycles. The molecule has 0 saturated heterocycles. The fraction of sp³-hybridized carbons (Fsp3) is 0.500. The lowest BCUT2D eigenvalue weighted by Crippen LogP contribution is -2.11. The molecule has 4 nitrogen and oxygen atoms in total. The third-order valence-corrected chi connectivity index (χ3v) is 4.10. The van der Waals surface area contributed by atoms with Crippen LogP contribution < -0.4 is 9.47 Å². The molecule has 0 aliphatic carbocycles. The van der Waals surface area contributed by atoms with Gasteiger partial charge in [-0.25, -0.2) is 4.98 Å². The van der Waals surface area contributed by atoms with E-state index < -0.39 is 0 Å². The van der Waals surface area contributed by atoms with E-state index in [-0.39, 0.29) is 18.5 Å². The summed E-state index contributed by atoms with van der Waals surface area (Å²) in [6, 6.07) is 5.51. The van der Waals surface area contributed by atoms with Crippen LogP contribution in [0.3, 0.4) is 0 Å². The fourth-order valence-corrected chi connectivity index (χ4v) is 2.69. The van der Waals surface area contributed by atoms with Crippen molar-refractivity contribution in [2.24, 2.45) is 0 Å². The van der Waals surface area contributed by atoms with Crippen molar-refractivity contribution in [3.63, 3.8) is 0 Å². The highest BCUT2D eigenvalue weighted by atomic mass is 35.5. The van der Waals surface area contributed by atoms with E-state index in [1.165, 1.54) is 25.7 Å². The first kappa shape index (κ1) is 20.7. The monoisotopic (exact) mass is 372 g/mol. The number of halogens is 2. The summed E-state index contributed by atoms with van der Waals surface area (Å²) in [5, 5.41) is 0.594. The normalized spacial score (nSPS) is 11.6. The van der Waals surface area contributed by atoms with Crippen molar-refractivity contribution in [3.8, 4) is 11.5 Å². The predicted molar refractivity (Wildman–Crippen MR) is 101 cm³/mol. The van der Waals surface area contributed by atoms with E-state index in [0.717, 1.165) is 24.5 Å². The fourth-order valence-electron chi connectivity index (χ4n) is 2.48. The van der Waals surface area contributed by atoms with Gasteiger partial charge < -0.3 is 14.0 Å². The molecule has 0 aliphatic heterocycles. The van der Waals surface area contributed by atoms with E-state index in [2.05, 4.69) is 16.5 Å². The van der Waals surface area contributed by atoms with Crippen molar-refractivity contribution in [1.29, 1.82) is 0 Å². The van der Waals surface area contributed by atoms with Gasteiger partial charge in [-0.15, -0.1) is 12.4 Å². The Balaban J connectivity index is 0.00000288. The molecule has 1 aromatic carbocycles. The van der Waals surface area contributed by atoms with Crippen LogP contribution in [0.25, 0.3) is 0 Å². The van der Waals surface area contributed by atoms with Crippen LogP contribution in [-0.2, 0) is 6.54 Å². The largest absolute Gasteiger partial charge is 0.497 e. The van der Waals surface area contributed by atoms with Crippen LogP contribution in [0.1, 0.15) is 39.0 Å². The van der Waals surface area contributed by atoms with Crippen LogP contribution in [0.2, 0.25) is 5.02 Å². The first-order valence-corrected chi connectivity index (χ1v) is 8.53. The van der Waals surface area contributed by atoms with Crippen molar-refractivity contribution in [3.05, 3.63) is 41.9 Å². The summed E-state index contributed by atoms with van der Waals surface area (Å²) < 4.78 is 13.2. The molecule has 0 amide bonds. The number of benzene rings is 1. The average molecular weight is 373 g/mol. The maximum Gasteiger partial charge on any atom is 0.138 e. The topological polar surface area (TPSA) is 36.3 Å². The smallest absolute Gasteiger partial charge is 0.138 e. The quantitative estimate of drug-likeness (QED) is 0.524. The molecule has 0 saturated carbocycles. The van der Waals surface area contributed by atoms with Gasteiger partial charge in [0.2, 0.25) is 0 Å². The van der Waals surface area contributed by atoms with Crippen LogP contribution >= 0.6 is 24.0 Å². The molecule has 1 atom stereocenters. The summed E-state index contributed by atoms with van der Waals surface area (Å²) in [5.74, 6) is 1.47. The number of aromatic nitrogens is 2. The first-order valence-electron chi connectivity index (χ1n) is 8.15. The van der Waals surface area contributed by atoms with Gasteiger partial charge in [0.05, 0.1) is 24.6 Å². The second-order valence-corrected chi connectivity index (χ2v) is 6.14. The van der Waals surface area contributed by atoms with Crippen LogP contribution in [0.5, 0.6) is 11.5 Å². The Bertz CT molecular complexity index is 576. The Morgan fingerprint density at radius 2 is 2.00 bits per heavy atom. The zero-order chi connectivity index (χ0) is 16.5. The molecule has 0 bridgehead atoms. The van der Waals surface area contributed by atoms with Crippen LogP contribution in [0, 0.1) is 0 Å². The third-order valence-electron chi connectivity index (χ3n) is 3.80. The van der Waals surface area contributed by atoms with E-state index in [1.54, 1.807) is 13.2 Å². The summed E-state index contributed by atoms with van der Waals surface area (Å²) >= 11 is 6.19.